The molecular formula is C24H22N4O2S. The fourth-order valence-corrected chi connectivity index (χ4v) is 3.90. The van der Waals surface area contributed by atoms with Crippen molar-refractivity contribution in [1.29, 1.82) is 0 Å². The molecule has 6 nitrogen and oxygen atoms in total. The molecule has 1 aromatic heterocycles. The van der Waals surface area contributed by atoms with Crippen LogP contribution in [0.1, 0.15) is 17.7 Å². The summed E-state index contributed by atoms with van der Waals surface area (Å²) in [5, 5.41) is 3.79. The maximum absolute atomic E-state index is 12.4. The number of aliphatic imine (C=N–C) groups is 2. The maximum Gasteiger partial charge on any atom is 0.230 e. The van der Waals surface area contributed by atoms with Gasteiger partial charge in [0.05, 0.1) is 40.7 Å². The molecule has 1 aliphatic rings. The van der Waals surface area contributed by atoms with Gasteiger partial charge in [-0.1, -0.05) is 30.3 Å². The number of fused-ring (bicyclic) bond motifs is 1. The van der Waals surface area contributed by atoms with E-state index in [1.807, 2.05) is 66.7 Å². The lowest BCUT2D eigenvalue weighted by atomic mass is 10.2. The number of carbonyl (C=O) groups is 1. The highest BCUT2D eigenvalue weighted by Crippen LogP contribution is 2.33. The summed E-state index contributed by atoms with van der Waals surface area (Å²) in [4.78, 5) is 26.4. The first-order chi connectivity index (χ1) is 15.2. The van der Waals surface area contributed by atoms with Crippen molar-refractivity contribution in [3.63, 3.8) is 0 Å². The standard InChI is InChI=1S/C24H22N4O2S/c1-30-18-8-6-7-17(13-18)15-26-23(29)16-31-24-14-22(19-9-4-5-12-25-19)27-20-10-2-3-11-21(20)28-24/h2-13H,14-16H2,1H3,(H,26,29). The lowest BCUT2D eigenvalue weighted by Crippen LogP contribution is -2.25. The SMILES string of the molecule is COc1cccc(CNC(=O)CSC2=Nc3ccccc3N=C(c3ccccn3)C2)c1. The van der Waals surface area contributed by atoms with Gasteiger partial charge in [-0.05, 0) is 42.0 Å². The summed E-state index contributed by atoms with van der Waals surface area (Å²) in [6.07, 6.45) is 2.28. The minimum Gasteiger partial charge on any atom is -0.497 e. The summed E-state index contributed by atoms with van der Waals surface area (Å²) in [7, 11) is 1.63. The van der Waals surface area contributed by atoms with Crippen molar-refractivity contribution < 1.29 is 9.53 Å². The molecule has 0 fully saturated rings. The maximum atomic E-state index is 12.4. The Morgan fingerprint density at radius 2 is 1.84 bits per heavy atom. The largest absolute Gasteiger partial charge is 0.497 e. The number of pyridine rings is 1. The predicted molar refractivity (Wildman–Crippen MR) is 126 cm³/mol. The van der Waals surface area contributed by atoms with Gasteiger partial charge >= 0.3 is 0 Å². The van der Waals surface area contributed by atoms with Gasteiger partial charge in [0.1, 0.15) is 5.75 Å². The van der Waals surface area contributed by atoms with Gasteiger partial charge in [0, 0.05) is 19.2 Å². The van der Waals surface area contributed by atoms with Gasteiger partial charge in [-0.3, -0.25) is 9.78 Å². The molecule has 0 unspecified atom stereocenters. The molecule has 0 radical (unpaired) electrons. The molecule has 0 saturated carbocycles. The molecule has 7 heteroatoms. The van der Waals surface area contributed by atoms with Crippen LogP contribution >= 0.6 is 11.8 Å². The number of aromatic nitrogens is 1. The molecule has 0 aliphatic carbocycles. The smallest absolute Gasteiger partial charge is 0.230 e. The molecule has 0 atom stereocenters. The summed E-state index contributed by atoms with van der Waals surface area (Å²) in [6, 6.07) is 21.2. The molecule has 0 spiro atoms. The Kier molecular flexibility index (Phi) is 6.74. The topological polar surface area (TPSA) is 75.9 Å². The molecule has 31 heavy (non-hydrogen) atoms. The molecule has 1 aliphatic heterocycles. The van der Waals surface area contributed by atoms with Crippen LogP contribution in [0, 0.1) is 0 Å². The molecule has 0 bridgehead atoms. The Balaban J connectivity index is 1.43. The summed E-state index contributed by atoms with van der Waals surface area (Å²) in [5.41, 5.74) is 4.25. The Labute approximate surface area is 185 Å². The Morgan fingerprint density at radius 3 is 2.61 bits per heavy atom. The molecule has 156 valence electrons. The first-order valence-electron chi connectivity index (χ1n) is 9.89. The van der Waals surface area contributed by atoms with E-state index >= 15 is 0 Å². The number of amides is 1. The minimum absolute atomic E-state index is 0.0515. The lowest BCUT2D eigenvalue weighted by Gasteiger charge is -2.08. The Morgan fingerprint density at radius 1 is 1.03 bits per heavy atom. The molecule has 0 saturated heterocycles. The zero-order chi connectivity index (χ0) is 21.5. The summed E-state index contributed by atoms with van der Waals surface area (Å²) in [5.74, 6) is 0.999. The molecule has 1 N–H and O–H groups in total. The van der Waals surface area contributed by atoms with Crippen molar-refractivity contribution in [2.45, 2.75) is 13.0 Å². The zero-order valence-electron chi connectivity index (χ0n) is 17.1. The fourth-order valence-electron chi connectivity index (χ4n) is 3.10. The number of nitrogens with one attached hydrogen (secondary N) is 1. The van der Waals surface area contributed by atoms with E-state index in [4.69, 9.17) is 14.7 Å². The Bertz CT molecular complexity index is 1130. The summed E-state index contributed by atoms with van der Waals surface area (Å²) >= 11 is 1.43. The normalized spacial score (nSPS) is 12.8. The minimum atomic E-state index is -0.0515. The van der Waals surface area contributed by atoms with Gasteiger partial charge in [-0.2, -0.15) is 0 Å². The molecule has 2 heterocycles. The third kappa shape index (κ3) is 5.58. The highest BCUT2D eigenvalue weighted by atomic mass is 32.2. The first kappa shape index (κ1) is 20.8. The van der Waals surface area contributed by atoms with E-state index in [0.29, 0.717) is 13.0 Å². The van der Waals surface area contributed by atoms with Crippen molar-refractivity contribution in [2.75, 3.05) is 12.9 Å². The van der Waals surface area contributed by atoms with Crippen LogP contribution in [0.25, 0.3) is 0 Å². The zero-order valence-corrected chi connectivity index (χ0v) is 17.9. The first-order valence-corrected chi connectivity index (χ1v) is 10.9. The van der Waals surface area contributed by atoms with Crippen molar-refractivity contribution in [3.8, 4) is 5.75 Å². The van der Waals surface area contributed by atoms with E-state index in [-0.39, 0.29) is 11.7 Å². The molecule has 1 amide bonds. The summed E-state index contributed by atoms with van der Waals surface area (Å²) < 4.78 is 5.23. The molecule has 4 rings (SSSR count). The number of hydrogen-bond acceptors (Lipinski definition) is 6. The van der Waals surface area contributed by atoms with E-state index in [2.05, 4.69) is 10.3 Å². The van der Waals surface area contributed by atoms with Crippen molar-refractivity contribution >= 4 is 39.8 Å². The second-order valence-corrected chi connectivity index (χ2v) is 7.91. The number of nitrogens with zero attached hydrogens (tertiary/aromatic N) is 3. The average Bonchev–Trinajstić information content (AvgIpc) is 3.01. The van der Waals surface area contributed by atoms with Crippen LogP contribution in [-0.4, -0.2) is 34.5 Å². The van der Waals surface area contributed by atoms with Crippen LogP contribution in [0.15, 0.2) is 82.9 Å². The number of para-hydroxylation sites is 2. The monoisotopic (exact) mass is 430 g/mol. The highest BCUT2D eigenvalue weighted by molar-refractivity contribution is 8.14. The van der Waals surface area contributed by atoms with Gasteiger partial charge in [0.15, 0.2) is 0 Å². The third-order valence-electron chi connectivity index (χ3n) is 4.66. The van der Waals surface area contributed by atoms with Gasteiger partial charge in [-0.25, -0.2) is 9.98 Å². The molecule has 3 aromatic rings. The fraction of sp³-hybridized carbons (Fsp3) is 0.167. The van der Waals surface area contributed by atoms with E-state index in [1.165, 1.54) is 11.8 Å². The van der Waals surface area contributed by atoms with Gasteiger partial charge in [0.25, 0.3) is 0 Å². The van der Waals surface area contributed by atoms with Gasteiger partial charge < -0.3 is 10.1 Å². The second kappa shape index (κ2) is 10.0. The average molecular weight is 431 g/mol. The lowest BCUT2D eigenvalue weighted by molar-refractivity contribution is -0.118. The summed E-state index contributed by atoms with van der Waals surface area (Å²) in [6.45, 7) is 0.451. The van der Waals surface area contributed by atoms with Gasteiger partial charge in [0.2, 0.25) is 5.91 Å². The number of methoxy groups -OCH3 is 1. The molecule has 2 aromatic carbocycles. The quantitative estimate of drug-likeness (QED) is 0.615. The highest BCUT2D eigenvalue weighted by Gasteiger charge is 2.17. The number of carbonyl (C=O) groups excluding carboxylic acids is 1. The van der Waals surface area contributed by atoms with E-state index in [9.17, 15) is 4.79 Å². The van der Waals surface area contributed by atoms with E-state index < -0.39 is 0 Å². The van der Waals surface area contributed by atoms with Crippen LogP contribution in [0.5, 0.6) is 5.75 Å². The van der Waals surface area contributed by atoms with Crippen LogP contribution in [0.2, 0.25) is 0 Å². The van der Waals surface area contributed by atoms with Crippen LogP contribution in [0.3, 0.4) is 0 Å². The van der Waals surface area contributed by atoms with Crippen LogP contribution in [-0.2, 0) is 11.3 Å². The number of benzene rings is 2. The van der Waals surface area contributed by atoms with Crippen molar-refractivity contribution in [2.24, 2.45) is 9.98 Å². The van der Waals surface area contributed by atoms with Gasteiger partial charge in [-0.15, -0.1) is 11.8 Å². The Hall–Kier alpha value is -3.45. The van der Waals surface area contributed by atoms with E-state index in [0.717, 1.165) is 39.1 Å². The van der Waals surface area contributed by atoms with Crippen molar-refractivity contribution in [3.05, 3.63) is 84.2 Å². The predicted octanol–water partition coefficient (Wildman–Crippen LogP) is 4.69. The number of hydrogen-bond donors (Lipinski definition) is 1. The molecular weight excluding hydrogens is 408 g/mol. The number of rotatable bonds is 6. The number of thioether (sulfide) groups is 1. The second-order valence-electron chi connectivity index (χ2n) is 6.86. The van der Waals surface area contributed by atoms with Crippen LogP contribution in [0.4, 0.5) is 11.4 Å². The third-order valence-corrected chi connectivity index (χ3v) is 5.63. The van der Waals surface area contributed by atoms with E-state index in [1.54, 1.807) is 13.3 Å². The van der Waals surface area contributed by atoms with Crippen molar-refractivity contribution in [1.82, 2.24) is 10.3 Å². The number of ether oxygens (including phenoxy) is 1. The van der Waals surface area contributed by atoms with Crippen LogP contribution < -0.4 is 10.1 Å².